The Morgan fingerprint density at radius 3 is 2.79 bits per heavy atom. The maximum absolute atomic E-state index is 5.19. The normalized spacial score (nSPS) is 14.8. The molecule has 0 amide bonds. The zero-order chi connectivity index (χ0) is 17.2. The molecule has 3 N–H and O–H groups in total. The molecule has 0 saturated heterocycles. The molecule has 0 unspecified atom stereocenters. The third kappa shape index (κ3) is 6.49. The van der Waals surface area contributed by atoms with Crippen molar-refractivity contribution in [2.45, 2.75) is 33.1 Å². The first-order chi connectivity index (χ1) is 11.7. The topological polar surface area (TPSA) is 60.8 Å². The molecule has 1 aromatic rings. The second kappa shape index (κ2) is 10.3. The van der Waals surface area contributed by atoms with E-state index in [1.165, 1.54) is 0 Å². The van der Waals surface area contributed by atoms with Crippen LogP contribution in [0.3, 0.4) is 0 Å². The van der Waals surface area contributed by atoms with Crippen molar-refractivity contribution in [1.29, 1.82) is 0 Å². The lowest BCUT2D eigenvalue weighted by Gasteiger charge is -2.13. The summed E-state index contributed by atoms with van der Waals surface area (Å²) in [7, 11) is 0. The van der Waals surface area contributed by atoms with Crippen molar-refractivity contribution in [3.63, 3.8) is 0 Å². The van der Waals surface area contributed by atoms with Crippen LogP contribution in [0.15, 0.2) is 34.4 Å². The quantitative estimate of drug-likeness (QED) is 0.312. The summed E-state index contributed by atoms with van der Waals surface area (Å²) in [5, 5.41) is 12.4. The van der Waals surface area contributed by atoms with Crippen molar-refractivity contribution in [1.82, 2.24) is 10.7 Å². The number of thiocarbonyl (C=S) groups is 1. The summed E-state index contributed by atoms with van der Waals surface area (Å²) < 4.78 is 0. The lowest BCUT2D eigenvalue weighted by molar-refractivity contribution is 0.745. The molecular weight excluding hydrogens is 338 g/mol. The van der Waals surface area contributed by atoms with Gasteiger partial charge < -0.3 is 10.6 Å². The van der Waals surface area contributed by atoms with Crippen molar-refractivity contribution < 1.29 is 0 Å². The molecule has 0 atom stereocenters. The van der Waals surface area contributed by atoms with Crippen LogP contribution >= 0.6 is 24.0 Å². The maximum Gasteiger partial charge on any atom is 0.186 e. The highest BCUT2D eigenvalue weighted by Crippen LogP contribution is 2.17. The van der Waals surface area contributed by atoms with E-state index in [0.717, 1.165) is 60.2 Å². The highest BCUT2D eigenvalue weighted by molar-refractivity contribution is 8.14. The van der Waals surface area contributed by atoms with E-state index >= 15 is 0 Å². The molecule has 130 valence electrons. The number of nitrogens with one attached hydrogen (secondary N) is 3. The van der Waals surface area contributed by atoms with E-state index < -0.39 is 0 Å². The van der Waals surface area contributed by atoms with Crippen molar-refractivity contribution >= 4 is 45.7 Å². The summed E-state index contributed by atoms with van der Waals surface area (Å²) in [6.45, 7) is 5.90. The van der Waals surface area contributed by atoms with Gasteiger partial charge in [-0.1, -0.05) is 37.2 Å². The Hall–Kier alpha value is -1.60. The zero-order valence-electron chi connectivity index (χ0n) is 14.3. The smallest absolute Gasteiger partial charge is 0.186 e. The van der Waals surface area contributed by atoms with E-state index in [1.807, 2.05) is 31.2 Å². The molecule has 0 saturated carbocycles. The Morgan fingerprint density at radius 2 is 2.12 bits per heavy atom. The van der Waals surface area contributed by atoms with Gasteiger partial charge in [-0.3, -0.25) is 10.4 Å². The molecule has 5 nitrogen and oxygen atoms in total. The number of thioether (sulfide) groups is 1. The Labute approximate surface area is 153 Å². The molecule has 0 aliphatic carbocycles. The molecule has 0 fully saturated rings. The largest absolute Gasteiger partial charge is 0.361 e. The molecular formula is C17H25N5S2. The monoisotopic (exact) mass is 363 g/mol. The molecule has 7 heteroatoms. The predicted octanol–water partition coefficient (Wildman–Crippen LogP) is 3.58. The summed E-state index contributed by atoms with van der Waals surface area (Å²) in [6.07, 6.45) is 3.40. The second-order valence-corrected chi connectivity index (χ2v) is 7.00. The first-order valence-electron chi connectivity index (χ1n) is 8.32. The molecule has 1 heterocycles. The summed E-state index contributed by atoms with van der Waals surface area (Å²) in [5.41, 5.74) is 5.89. The Balaban J connectivity index is 1.85. The first kappa shape index (κ1) is 18.7. The molecule has 0 aromatic heterocycles. The van der Waals surface area contributed by atoms with Crippen molar-refractivity contribution in [3.8, 4) is 0 Å². The van der Waals surface area contributed by atoms with Crippen molar-refractivity contribution in [3.05, 3.63) is 29.8 Å². The van der Waals surface area contributed by atoms with Gasteiger partial charge >= 0.3 is 0 Å². The molecule has 0 spiro atoms. The lowest BCUT2D eigenvalue weighted by Crippen LogP contribution is -2.33. The predicted molar refractivity (Wildman–Crippen MR) is 110 cm³/mol. The summed E-state index contributed by atoms with van der Waals surface area (Å²) in [4.78, 5) is 4.48. The van der Waals surface area contributed by atoms with Crippen LogP contribution in [0.4, 0.5) is 5.69 Å². The highest BCUT2D eigenvalue weighted by Gasteiger charge is 2.06. The van der Waals surface area contributed by atoms with E-state index in [9.17, 15) is 0 Å². The number of unbranched alkanes of at least 4 members (excludes halogenated alkanes) is 1. The number of hydrogen-bond donors (Lipinski definition) is 3. The summed E-state index contributed by atoms with van der Waals surface area (Å²) in [6, 6.07) is 8.18. The van der Waals surface area contributed by atoms with Crippen LogP contribution in [0.2, 0.25) is 0 Å². The number of nitrogens with zero attached hydrogens (tertiary/aromatic N) is 2. The third-order valence-corrected chi connectivity index (χ3v) is 4.72. The van der Waals surface area contributed by atoms with Gasteiger partial charge in [-0.25, -0.2) is 0 Å². The fourth-order valence-electron chi connectivity index (χ4n) is 2.07. The number of benzene rings is 1. The van der Waals surface area contributed by atoms with Gasteiger partial charge in [0.2, 0.25) is 0 Å². The van der Waals surface area contributed by atoms with Crippen LogP contribution in [0, 0.1) is 0 Å². The number of amidine groups is 1. The number of hydrogen-bond acceptors (Lipinski definition) is 5. The fraction of sp³-hybridized carbons (Fsp3) is 0.471. The highest BCUT2D eigenvalue weighted by atomic mass is 32.2. The van der Waals surface area contributed by atoms with Gasteiger partial charge in [-0.05, 0) is 49.7 Å². The van der Waals surface area contributed by atoms with Gasteiger partial charge in [0.05, 0.1) is 5.71 Å². The summed E-state index contributed by atoms with van der Waals surface area (Å²) in [5.74, 6) is 1.13. The van der Waals surface area contributed by atoms with E-state index in [1.54, 1.807) is 11.8 Å². The van der Waals surface area contributed by atoms with E-state index in [-0.39, 0.29) is 0 Å². The Bertz CT molecular complexity index is 596. The first-order valence-corrected chi connectivity index (χ1v) is 9.71. The van der Waals surface area contributed by atoms with Gasteiger partial charge in [-0.2, -0.15) is 5.10 Å². The second-order valence-electron chi connectivity index (χ2n) is 5.51. The van der Waals surface area contributed by atoms with Gasteiger partial charge in [0.1, 0.15) is 0 Å². The van der Waals surface area contributed by atoms with Crippen LogP contribution in [0.25, 0.3) is 0 Å². The maximum atomic E-state index is 5.19. The minimum Gasteiger partial charge on any atom is -0.361 e. The fourth-order valence-corrected chi connectivity index (χ4v) is 3.06. The number of hydrazone groups is 1. The number of anilines is 1. The number of aliphatic imine (C=N–C) groups is 1. The van der Waals surface area contributed by atoms with Crippen LogP contribution in [0.1, 0.15) is 38.7 Å². The summed E-state index contributed by atoms with van der Waals surface area (Å²) >= 11 is 6.96. The number of rotatable bonds is 6. The molecule has 2 rings (SSSR count). The average Bonchev–Trinajstić information content (AvgIpc) is 2.61. The van der Waals surface area contributed by atoms with E-state index in [0.29, 0.717) is 5.11 Å². The SMILES string of the molecule is CCCCNC(=S)N/N=C(/C)c1ccc(NC2=NCCCS2)cc1. The average molecular weight is 364 g/mol. The molecule has 24 heavy (non-hydrogen) atoms. The van der Waals surface area contributed by atoms with E-state index in [2.05, 4.69) is 33.1 Å². The third-order valence-electron chi connectivity index (χ3n) is 3.49. The van der Waals surface area contributed by atoms with Gasteiger partial charge in [0.25, 0.3) is 0 Å². The molecule has 1 aromatic carbocycles. The van der Waals surface area contributed by atoms with Crippen molar-refractivity contribution in [2.24, 2.45) is 10.1 Å². The van der Waals surface area contributed by atoms with Gasteiger partial charge in [0, 0.05) is 24.5 Å². The standard InChI is InChI=1S/C17H25N5S2/c1-3-4-10-18-16(23)22-21-13(2)14-6-8-15(9-7-14)20-17-19-11-5-12-24-17/h6-9H,3-5,10-12H2,1-2H3,(H,19,20)(H2,18,22,23)/b21-13-. The molecule has 1 aliphatic rings. The van der Waals surface area contributed by atoms with Gasteiger partial charge in [0.15, 0.2) is 10.3 Å². The lowest BCUT2D eigenvalue weighted by atomic mass is 10.1. The molecule has 1 aliphatic heterocycles. The zero-order valence-corrected chi connectivity index (χ0v) is 15.9. The van der Waals surface area contributed by atoms with Crippen LogP contribution in [0.5, 0.6) is 0 Å². The van der Waals surface area contributed by atoms with E-state index in [4.69, 9.17) is 12.2 Å². The Kier molecular flexibility index (Phi) is 8.04. The Morgan fingerprint density at radius 1 is 1.33 bits per heavy atom. The van der Waals surface area contributed by atoms with Crippen LogP contribution < -0.4 is 16.1 Å². The molecule has 0 radical (unpaired) electrons. The van der Waals surface area contributed by atoms with Crippen LogP contribution in [-0.4, -0.2) is 34.8 Å². The minimum absolute atomic E-state index is 0.563. The van der Waals surface area contributed by atoms with Gasteiger partial charge in [-0.15, -0.1) is 0 Å². The molecule has 0 bridgehead atoms. The van der Waals surface area contributed by atoms with Crippen molar-refractivity contribution in [2.75, 3.05) is 24.2 Å². The van der Waals surface area contributed by atoms with Crippen LogP contribution in [-0.2, 0) is 0 Å². The minimum atomic E-state index is 0.563.